The molecular weight excluding hydrogens is 372 g/mol. The number of pyridine rings is 1. The van der Waals surface area contributed by atoms with E-state index in [9.17, 15) is 4.79 Å². The molecule has 0 unspecified atom stereocenters. The van der Waals surface area contributed by atoms with Crippen molar-refractivity contribution in [2.75, 3.05) is 31.1 Å². The molecule has 1 saturated heterocycles. The lowest BCUT2D eigenvalue weighted by molar-refractivity contribution is 0.0746. The van der Waals surface area contributed by atoms with E-state index in [1.165, 1.54) is 29.5 Å². The molecule has 0 bridgehead atoms. The van der Waals surface area contributed by atoms with Gasteiger partial charge in [-0.05, 0) is 55.5 Å². The number of fused-ring (bicyclic) bond motifs is 3. The summed E-state index contributed by atoms with van der Waals surface area (Å²) in [6.07, 6.45) is 6.51. The number of nitrogens with one attached hydrogen (secondary N) is 1. The first-order valence-corrected chi connectivity index (χ1v) is 10.4. The van der Waals surface area contributed by atoms with Gasteiger partial charge in [0.1, 0.15) is 5.82 Å². The van der Waals surface area contributed by atoms with Crippen LogP contribution in [0.1, 0.15) is 34.5 Å². The fourth-order valence-electron chi connectivity index (χ4n) is 4.46. The molecule has 1 aromatic carbocycles. The van der Waals surface area contributed by atoms with E-state index < -0.39 is 0 Å². The number of hydrogen-bond acceptors (Lipinski definition) is 3. The number of H-pyrrole nitrogens is 1. The van der Waals surface area contributed by atoms with Crippen LogP contribution in [0, 0.1) is 0 Å². The average Bonchev–Trinajstić information content (AvgIpc) is 3.11. The molecule has 2 aromatic heterocycles. The standard InChI is InChI=1S/C22H23ClN4O/c23-18-5-3-9-24-21(18)26-10-12-27(13-11-26)22(28)15-7-8-17-16-4-1-2-6-19(16)25-20(17)14-15/h3,5,7-9,14,25H,1-2,4,6,10-13H2. The molecule has 1 aliphatic carbocycles. The summed E-state index contributed by atoms with van der Waals surface area (Å²) in [7, 11) is 0. The first-order valence-electron chi connectivity index (χ1n) is 9.99. The minimum absolute atomic E-state index is 0.0984. The Morgan fingerprint density at radius 1 is 1.07 bits per heavy atom. The maximum atomic E-state index is 13.0. The van der Waals surface area contributed by atoms with Crippen LogP contribution in [0.4, 0.5) is 5.82 Å². The normalized spacial score (nSPS) is 17.0. The van der Waals surface area contributed by atoms with Crippen LogP contribution in [-0.4, -0.2) is 47.0 Å². The second-order valence-corrected chi connectivity index (χ2v) is 8.04. The third-order valence-electron chi connectivity index (χ3n) is 5.95. The number of amides is 1. The summed E-state index contributed by atoms with van der Waals surface area (Å²) in [5, 5.41) is 1.93. The summed E-state index contributed by atoms with van der Waals surface area (Å²) in [5.74, 6) is 0.899. The lowest BCUT2D eigenvalue weighted by Crippen LogP contribution is -2.49. The van der Waals surface area contributed by atoms with Gasteiger partial charge in [-0.3, -0.25) is 4.79 Å². The molecule has 5 rings (SSSR count). The molecule has 3 heterocycles. The summed E-state index contributed by atoms with van der Waals surface area (Å²) in [6, 6.07) is 9.81. The summed E-state index contributed by atoms with van der Waals surface area (Å²) in [4.78, 5) is 25.1. The van der Waals surface area contributed by atoms with Gasteiger partial charge in [-0.25, -0.2) is 4.98 Å². The smallest absolute Gasteiger partial charge is 0.254 e. The molecule has 1 N–H and O–H groups in total. The number of rotatable bonds is 2. The zero-order chi connectivity index (χ0) is 19.1. The number of halogens is 1. The third kappa shape index (κ3) is 3.04. The molecule has 144 valence electrons. The molecule has 0 radical (unpaired) electrons. The Hall–Kier alpha value is -2.53. The zero-order valence-electron chi connectivity index (χ0n) is 15.7. The first kappa shape index (κ1) is 17.6. The Morgan fingerprint density at radius 3 is 2.71 bits per heavy atom. The molecule has 3 aromatic rings. The van der Waals surface area contributed by atoms with Crippen molar-refractivity contribution in [3.8, 4) is 0 Å². The van der Waals surface area contributed by atoms with Crippen molar-refractivity contribution in [1.82, 2.24) is 14.9 Å². The van der Waals surface area contributed by atoms with E-state index >= 15 is 0 Å². The van der Waals surface area contributed by atoms with Gasteiger partial charge < -0.3 is 14.8 Å². The molecule has 0 spiro atoms. The summed E-state index contributed by atoms with van der Waals surface area (Å²) in [6.45, 7) is 2.82. The molecule has 1 fully saturated rings. The molecule has 2 aliphatic rings. The van der Waals surface area contributed by atoms with Crippen molar-refractivity contribution in [3.05, 3.63) is 58.4 Å². The molecule has 1 amide bonds. The van der Waals surface area contributed by atoms with E-state index in [2.05, 4.69) is 20.9 Å². The van der Waals surface area contributed by atoms with E-state index in [1.807, 2.05) is 29.2 Å². The van der Waals surface area contributed by atoms with E-state index in [-0.39, 0.29) is 5.91 Å². The quantitative estimate of drug-likeness (QED) is 0.713. The number of nitrogens with zero attached hydrogens (tertiary/aromatic N) is 3. The number of anilines is 1. The number of piperazine rings is 1. The second-order valence-electron chi connectivity index (χ2n) is 7.64. The Labute approximate surface area is 169 Å². The molecule has 28 heavy (non-hydrogen) atoms. The van der Waals surface area contributed by atoms with Crippen molar-refractivity contribution in [1.29, 1.82) is 0 Å². The van der Waals surface area contributed by atoms with Crippen LogP contribution in [0.3, 0.4) is 0 Å². The van der Waals surface area contributed by atoms with Gasteiger partial charge in [0.25, 0.3) is 5.91 Å². The molecular formula is C22H23ClN4O. The largest absolute Gasteiger partial charge is 0.358 e. The van der Waals surface area contributed by atoms with Gasteiger partial charge >= 0.3 is 0 Å². The Kier molecular flexibility index (Phi) is 4.47. The summed E-state index contributed by atoms with van der Waals surface area (Å²) >= 11 is 6.26. The predicted octanol–water partition coefficient (Wildman–Crippen LogP) is 4.06. The van der Waals surface area contributed by atoms with Gasteiger partial charge in [0.15, 0.2) is 0 Å². The maximum Gasteiger partial charge on any atom is 0.254 e. The Balaban J connectivity index is 1.32. The van der Waals surface area contributed by atoms with Gasteiger partial charge in [0.2, 0.25) is 0 Å². The van der Waals surface area contributed by atoms with Crippen LogP contribution in [0.2, 0.25) is 5.02 Å². The van der Waals surface area contributed by atoms with E-state index in [1.54, 1.807) is 6.20 Å². The molecule has 5 nitrogen and oxygen atoms in total. The topological polar surface area (TPSA) is 52.2 Å². The maximum absolute atomic E-state index is 13.0. The van der Waals surface area contributed by atoms with Crippen molar-refractivity contribution in [3.63, 3.8) is 0 Å². The molecule has 0 saturated carbocycles. The number of benzene rings is 1. The van der Waals surface area contributed by atoms with Crippen LogP contribution in [0.15, 0.2) is 36.5 Å². The number of aromatic amines is 1. The second kappa shape index (κ2) is 7.13. The number of carbonyl (C=O) groups is 1. The molecule has 0 atom stereocenters. The van der Waals surface area contributed by atoms with Gasteiger partial charge in [-0.2, -0.15) is 0 Å². The number of carbonyl (C=O) groups excluding carboxylic acids is 1. The summed E-state index contributed by atoms with van der Waals surface area (Å²) in [5.41, 5.74) is 4.65. The monoisotopic (exact) mass is 394 g/mol. The highest BCUT2D eigenvalue weighted by molar-refractivity contribution is 6.32. The fraction of sp³-hybridized carbons (Fsp3) is 0.364. The van der Waals surface area contributed by atoms with Crippen molar-refractivity contribution >= 4 is 34.2 Å². The van der Waals surface area contributed by atoms with Crippen LogP contribution >= 0.6 is 11.6 Å². The highest BCUT2D eigenvalue weighted by atomic mass is 35.5. The lowest BCUT2D eigenvalue weighted by Gasteiger charge is -2.35. The SMILES string of the molecule is O=C(c1ccc2c3c([nH]c2c1)CCCC3)N1CCN(c2ncccc2Cl)CC1. The van der Waals surface area contributed by atoms with Crippen LogP contribution in [0.5, 0.6) is 0 Å². The minimum Gasteiger partial charge on any atom is -0.358 e. The fourth-order valence-corrected chi connectivity index (χ4v) is 4.70. The third-order valence-corrected chi connectivity index (χ3v) is 6.25. The highest BCUT2D eigenvalue weighted by Crippen LogP contribution is 2.30. The van der Waals surface area contributed by atoms with Crippen molar-refractivity contribution in [2.24, 2.45) is 0 Å². The van der Waals surface area contributed by atoms with Crippen LogP contribution < -0.4 is 4.90 Å². The van der Waals surface area contributed by atoms with E-state index in [0.717, 1.165) is 42.8 Å². The van der Waals surface area contributed by atoms with Crippen LogP contribution in [-0.2, 0) is 12.8 Å². The number of hydrogen-bond donors (Lipinski definition) is 1. The van der Waals surface area contributed by atoms with Crippen LogP contribution in [0.25, 0.3) is 10.9 Å². The number of aryl methyl sites for hydroxylation is 2. The van der Waals surface area contributed by atoms with Gasteiger partial charge in [0, 0.05) is 54.5 Å². The van der Waals surface area contributed by atoms with Crippen molar-refractivity contribution in [2.45, 2.75) is 25.7 Å². The average molecular weight is 395 g/mol. The summed E-state index contributed by atoms with van der Waals surface area (Å²) < 4.78 is 0. The van der Waals surface area contributed by atoms with Gasteiger partial charge in [0.05, 0.1) is 5.02 Å². The molecule has 1 aliphatic heterocycles. The Morgan fingerprint density at radius 2 is 1.89 bits per heavy atom. The zero-order valence-corrected chi connectivity index (χ0v) is 16.5. The first-order chi connectivity index (χ1) is 13.7. The predicted molar refractivity (Wildman–Crippen MR) is 112 cm³/mol. The van der Waals surface area contributed by atoms with Gasteiger partial charge in [-0.1, -0.05) is 17.7 Å². The van der Waals surface area contributed by atoms with Gasteiger partial charge in [-0.15, -0.1) is 0 Å². The molecule has 6 heteroatoms. The highest BCUT2D eigenvalue weighted by Gasteiger charge is 2.24. The number of aromatic nitrogens is 2. The van der Waals surface area contributed by atoms with E-state index in [4.69, 9.17) is 11.6 Å². The minimum atomic E-state index is 0.0984. The Bertz CT molecular complexity index is 1040. The van der Waals surface area contributed by atoms with Crippen molar-refractivity contribution < 1.29 is 4.79 Å². The lowest BCUT2D eigenvalue weighted by atomic mass is 9.95. The van der Waals surface area contributed by atoms with E-state index in [0.29, 0.717) is 18.1 Å².